The molecule has 0 aromatic rings. The third-order valence-electron chi connectivity index (χ3n) is 2.25. The molecule has 0 aliphatic carbocycles. The second-order valence-corrected chi connectivity index (χ2v) is 8.92. The van der Waals surface area contributed by atoms with Gasteiger partial charge in [-0.25, -0.2) is 0 Å². The van der Waals surface area contributed by atoms with Crippen molar-refractivity contribution in [1.82, 2.24) is 0 Å². The van der Waals surface area contributed by atoms with Gasteiger partial charge in [-0.2, -0.15) is 0 Å². The van der Waals surface area contributed by atoms with Gasteiger partial charge in [0.25, 0.3) is 0 Å². The molecule has 0 radical (unpaired) electrons. The molecule has 102 valence electrons. The number of hydrogen-bond acceptors (Lipinski definition) is 1. The lowest BCUT2D eigenvalue weighted by atomic mass is 9.82. The minimum absolute atomic E-state index is 0.293. The highest BCUT2D eigenvalue weighted by Crippen LogP contribution is 2.27. The van der Waals surface area contributed by atoms with Gasteiger partial charge in [-0.05, 0) is 29.1 Å². The maximum absolute atomic E-state index is 4.88. The van der Waals surface area contributed by atoms with Gasteiger partial charge in [0, 0.05) is 12.3 Å². The summed E-state index contributed by atoms with van der Waals surface area (Å²) in [6.45, 7) is 21.5. The molecule has 0 aromatic heterocycles. The number of nitrogens with zero attached hydrogens (tertiary/aromatic N) is 1. The fraction of sp³-hybridized carbons (Fsp3) is 0.938. The standard InChI is InChI=1S/C16H33N/c1-14(2,3)10-13(11-15(4,5)6)17-12-16(7,8)9/h10-12H2,1-9H3. The van der Waals surface area contributed by atoms with Gasteiger partial charge in [0.15, 0.2) is 0 Å². The Balaban J connectivity index is 4.74. The van der Waals surface area contributed by atoms with Gasteiger partial charge in [-0.15, -0.1) is 0 Å². The molecule has 0 fully saturated rings. The zero-order valence-corrected chi connectivity index (χ0v) is 13.6. The second kappa shape index (κ2) is 5.54. The van der Waals surface area contributed by atoms with Crippen molar-refractivity contribution in [2.45, 2.75) is 75.2 Å². The van der Waals surface area contributed by atoms with E-state index >= 15 is 0 Å². The third kappa shape index (κ3) is 11.9. The quantitative estimate of drug-likeness (QED) is 0.589. The van der Waals surface area contributed by atoms with Crippen LogP contribution in [0.2, 0.25) is 0 Å². The molecule has 17 heavy (non-hydrogen) atoms. The van der Waals surface area contributed by atoms with Crippen LogP contribution in [0.15, 0.2) is 4.99 Å². The molecule has 0 amide bonds. The molecule has 0 spiro atoms. The first-order chi connectivity index (χ1) is 7.29. The molecule has 0 saturated heterocycles. The first-order valence-electron chi connectivity index (χ1n) is 6.81. The van der Waals surface area contributed by atoms with Gasteiger partial charge in [0.1, 0.15) is 0 Å². The maximum Gasteiger partial charge on any atom is 0.0437 e. The van der Waals surface area contributed by atoms with Crippen LogP contribution in [-0.4, -0.2) is 12.3 Å². The van der Waals surface area contributed by atoms with Crippen LogP contribution < -0.4 is 0 Å². The van der Waals surface area contributed by atoms with Gasteiger partial charge in [-0.3, -0.25) is 4.99 Å². The molecular weight excluding hydrogens is 206 g/mol. The average Bonchev–Trinajstić information content (AvgIpc) is 1.92. The van der Waals surface area contributed by atoms with E-state index in [2.05, 4.69) is 62.3 Å². The Morgan fingerprint density at radius 2 is 1.00 bits per heavy atom. The van der Waals surface area contributed by atoms with Crippen molar-refractivity contribution in [2.24, 2.45) is 21.2 Å². The summed E-state index contributed by atoms with van der Waals surface area (Å²) in [5.41, 5.74) is 2.35. The molecule has 0 saturated carbocycles. The van der Waals surface area contributed by atoms with Crippen LogP contribution in [0.25, 0.3) is 0 Å². The smallest absolute Gasteiger partial charge is 0.0437 e. The van der Waals surface area contributed by atoms with Crippen LogP contribution in [0, 0.1) is 16.2 Å². The lowest BCUT2D eigenvalue weighted by molar-refractivity contribution is 0.391. The molecule has 0 N–H and O–H groups in total. The summed E-state index contributed by atoms with van der Waals surface area (Å²) in [6, 6.07) is 0. The summed E-state index contributed by atoms with van der Waals surface area (Å²) in [7, 11) is 0. The highest BCUT2D eigenvalue weighted by molar-refractivity contribution is 5.85. The predicted molar refractivity (Wildman–Crippen MR) is 79.9 cm³/mol. The van der Waals surface area contributed by atoms with Gasteiger partial charge >= 0.3 is 0 Å². The Bertz CT molecular complexity index is 235. The first kappa shape index (κ1) is 16.7. The fourth-order valence-corrected chi connectivity index (χ4v) is 1.75. The molecule has 0 atom stereocenters. The molecule has 0 bridgehead atoms. The molecule has 0 aromatic carbocycles. The highest BCUT2D eigenvalue weighted by atomic mass is 14.8. The SMILES string of the molecule is CC(C)(C)CN=C(CC(C)(C)C)CC(C)(C)C. The van der Waals surface area contributed by atoms with E-state index in [0.29, 0.717) is 16.2 Å². The molecular formula is C16H33N. The maximum atomic E-state index is 4.88. The minimum Gasteiger partial charge on any atom is -0.294 e. The predicted octanol–water partition coefficient (Wildman–Crippen LogP) is 5.35. The minimum atomic E-state index is 0.293. The summed E-state index contributed by atoms with van der Waals surface area (Å²) in [4.78, 5) is 4.88. The normalized spacial score (nSPS) is 13.7. The molecule has 0 heterocycles. The topological polar surface area (TPSA) is 12.4 Å². The molecule has 0 rings (SSSR count). The third-order valence-corrected chi connectivity index (χ3v) is 2.25. The highest BCUT2D eigenvalue weighted by Gasteiger charge is 2.20. The fourth-order valence-electron chi connectivity index (χ4n) is 1.75. The summed E-state index contributed by atoms with van der Waals surface area (Å²) in [5, 5.41) is 0. The van der Waals surface area contributed by atoms with Crippen molar-refractivity contribution < 1.29 is 0 Å². The number of rotatable bonds is 3. The Hall–Kier alpha value is -0.330. The molecule has 0 unspecified atom stereocenters. The lowest BCUT2D eigenvalue weighted by Crippen LogP contribution is -2.21. The molecule has 0 aliphatic rings. The van der Waals surface area contributed by atoms with Crippen LogP contribution in [0.5, 0.6) is 0 Å². The molecule has 1 nitrogen and oxygen atoms in total. The van der Waals surface area contributed by atoms with Gasteiger partial charge in [0.05, 0.1) is 0 Å². The zero-order valence-electron chi connectivity index (χ0n) is 13.6. The van der Waals surface area contributed by atoms with Gasteiger partial charge < -0.3 is 0 Å². The first-order valence-corrected chi connectivity index (χ1v) is 6.81. The zero-order chi connectivity index (χ0) is 13.9. The van der Waals surface area contributed by atoms with Crippen LogP contribution in [-0.2, 0) is 0 Å². The van der Waals surface area contributed by atoms with E-state index in [-0.39, 0.29) is 0 Å². The number of aliphatic imine (C=N–C) groups is 1. The van der Waals surface area contributed by atoms with Crippen LogP contribution in [0.4, 0.5) is 0 Å². The van der Waals surface area contributed by atoms with Crippen molar-refractivity contribution in [3.05, 3.63) is 0 Å². The number of hydrogen-bond donors (Lipinski definition) is 0. The summed E-state index contributed by atoms with van der Waals surface area (Å²) >= 11 is 0. The lowest BCUT2D eigenvalue weighted by Gasteiger charge is -2.26. The summed E-state index contributed by atoms with van der Waals surface area (Å²) in [5.74, 6) is 0. The van der Waals surface area contributed by atoms with Gasteiger partial charge in [-0.1, -0.05) is 62.3 Å². The van der Waals surface area contributed by atoms with Gasteiger partial charge in [0.2, 0.25) is 0 Å². The Labute approximate surface area is 109 Å². The van der Waals surface area contributed by atoms with E-state index in [0.717, 1.165) is 19.4 Å². The second-order valence-electron chi connectivity index (χ2n) is 8.92. The summed E-state index contributed by atoms with van der Waals surface area (Å²) < 4.78 is 0. The Kier molecular flexibility index (Phi) is 5.43. The average molecular weight is 239 g/mol. The van der Waals surface area contributed by atoms with E-state index in [1.54, 1.807) is 0 Å². The van der Waals surface area contributed by atoms with E-state index in [4.69, 9.17) is 4.99 Å². The Morgan fingerprint density at radius 1 is 0.647 bits per heavy atom. The van der Waals surface area contributed by atoms with Crippen LogP contribution in [0.1, 0.15) is 75.2 Å². The van der Waals surface area contributed by atoms with Crippen LogP contribution in [0.3, 0.4) is 0 Å². The van der Waals surface area contributed by atoms with Crippen molar-refractivity contribution in [3.63, 3.8) is 0 Å². The van der Waals surface area contributed by atoms with E-state index in [1.807, 2.05) is 0 Å². The van der Waals surface area contributed by atoms with Crippen molar-refractivity contribution in [2.75, 3.05) is 6.54 Å². The van der Waals surface area contributed by atoms with Crippen LogP contribution >= 0.6 is 0 Å². The van der Waals surface area contributed by atoms with E-state index < -0.39 is 0 Å². The summed E-state index contributed by atoms with van der Waals surface area (Å²) in [6.07, 6.45) is 2.22. The van der Waals surface area contributed by atoms with E-state index in [1.165, 1.54) is 5.71 Å². The van der Waals surface area contributed by atoms with Crippen molar-refractivity contribution >= 4 is 5.71 Å². The van der Waals surface area contributed by atoms with Crippen molar-refractivity contribution in [1.29, 1.82) is 0 Å². The molecule has 1 heteroatoms. The monoisotopic (exact) mass is 239 g/mol. The molecule has 0 aliphatic heterocycles. The Morgan fingerprint density at radius 3 is 1.24 bits per heavy atom. The largest absolute Gasteiger partial charge is 0.294 e. The van der Waals surface area contributed by atoms with E-state index in [9.17, 15) is 0 Å². The van der Waals surface area contributed by atoms with Crippen molar-refractivity contribution in [3.8, 4) is 0 Å².